The van der Waals surface area contributed by atoms with E-state index in [1.165, 1.54) is 31.2 Å². The van der Waals surface area contributed by atoms with Gasteiger partial charge in [-0.2, -0.15) is 0 Å². The Morgan fingerprint density at radius 1 is 1.30 bits per heavy atom. The maximum Gasteiger partial charge on any atom is 0.337 e. The molecule has 4 rings (SSSR count). The SMILES string of the molecule is Cc1onc(-c2ccncc2)c1COc1ccc(C(=O)O)cn1.NC1CC1. The molecule has 0 spiro atoms. The molecule has 1 fully saturated rings. The van der Waals surface area contributed by atoms with Crippen LogP contribution in [0.25, 0.3) is 11.3 Å². The molecule has 3 N–H and O–H groups in total. The second-order valence-electron chi connectivity index (χ2n) is 6.12. The molecule has 0 amide bonds. The fraction of sp³-hybridized carbons (Fsp3) is 0.263. The molecule has 0 saturated heterocycles. The van der Waals surface area contributed by atoms with Crippen LogP contribution in [-0.2, 0) is 6.61 Å². The number of rotatable bonds is 5. The number of aromatic carboxylic acids is 1. The Labute approximate surface area is 156 Å². The molecule has 0 aromatic carbocycles. The topological polar surface area (TPSA) is 124 Å². The van der Waals surface area contributed by atoms with Gasteiger partial charge in [0.15, 0.2) is 0 Å². The summed E-state index contributed by atoms with van der Waals surface area (Å²) in [4.78, 5) is 18.7. The summed E-state index contributed by atoms with van der Waals surface area (Å²) in [5.41, 5.74) is 7.70. The molecule has 27 heavy (non-hydrogen) atoms. The van der Waals surface area contributed by atoms with E-state index in [0.717, 1.165) is 11.1 Å². The van der Waals surface area contributed by atoms with Crippen LogP contribution in [-0.4, -0.2) is 32.2 Å². The van der Waals surface area contributed by atoms with Gasteiger partial charge in [0.1, 0.15) is 18.1 Å². The van der Waals surface area contributed by atoms with Crippen LogP contribution in [0.15, 0.2) is 47.4 Å². The molecule has 8 heteroatoms. The quantitative estimate of drug-likeness (QED) is 0.704. The molecule has 0 radical (unpaired) electrons. The van der Waals surface area contributed by atoms with Crippen LogP contribution >= 0.6 is 0 Å². The molecule has 3 aromatic rings. The van der Waals surface area contributed by atoms with Gasteiger partial charge in [0.25, 0.3) is 0 Å². The average molecular weight is 368 g/mol. The molecule has 0 aliphatic heterocycles. The normalized spacial score (nSPS) is 12.8. The Balaban J connectivity index is 0.000000466. The Morgan fingerprint density at radius 3 is 2.56 bits per heavy atom. The summed E-state index contributed by atoms with van der Waals surface area (Å²) in [7, 11) is 0. The maximum atomic E-state index is 10.8. The van der Waals surface area contributed by atoms with Crippen molar-refractivity contribution < 1.29 is 19.2 Å². The molecule has 0 atom stereocenters. The molecule has 0 unspecified atom stereocenters. The first-order valence-electron chi connectivity index (χ1n) is 8.48. The second-order valence-corrected chi connectivity index (χ2v) is 6.12. The third kappa shape index (κ3) is 5.11. The molecule has 1 aliphatic carbocycles. The van der Waals surface area contributed by atoms with Crippen molar-refractivity contribution in [2.45, 2.75) is 32.4 Å². The minimum Gasteiger partial charge on any atom is -0.478 e. The van der Waals surface area contributed by atoms with Crippen molar-refractivity contribution in [1.29, 1.82) is 0 Å². The molecule has 3 heterocycles. The lowest BCUT2D eigenvalue weighted by molar-refractivity contribution is 0.0696. The van der Waals surface area contributed by atoms with Crippen LogP contribution in [0.5, 0.6) is 5.88 Å². The minimum atomic E-state index is -1.03. The lowest BCUT2D eigenvalue weighted by Gasteiger charge is -2.06. The van der Waals surface area contributed by atoms with Gasteiger partial charge in [-0.25, -0.2) is 9.78 Å². The van der Waals surface area contributed by atoms with E-state index in [1.54, 1.807) is 19.3 Å². The van der Waals surface area contributed by atoms with E-state index in [9.17, 15) is 4.79 Å². The van der Waals surface area contributed by atoms with Crippen LogP contribution in [0.4, 0.5) is 0 Å². The van der Waals surface area contributed by atoms with Crippen molar-refractivity contribution in [1.82, 2.24) is 15.1 Å². The van der Waals surface area contributed by atoms with E-state index in [1.807, 2.05) is 12.1 Å². The number of nitrogens with zero attached hydrogens (tertiary/aromatic N) is 3. The van der Waals surface area contributed by atoms with E-state index in [4.69, 9.17) is 20.1 Å². The summed E-state index contributed by atoms with van der Waals surface area (Å²) in [6.07, 6.45) is 7.13. The van der Waals surface area contributed by atoms with E-state index < -0.39 is 5.97 Å². The Kier molecular flexibility index (Phi) is 5.77. The highest BCUT2D eigenvalue weighted by Gasteiger charge is 2.16. The molecule has 3 aromatic heterocycles. The van der Waals surface area contributed by atoms with Gasteiger partial charge in [0, 0.05) is 36.3 Å². The van der Waals surface area contributed by atoms with Crippen molar-refractivity contribution in [3.8, 4) is 17.1 Å². The number of pyridine rings is 2. The van der Waals surface area contributed by atoms with Gasteiger partial charge < -0.3 is 20.1 Å². The standard InChI is InChI=1S/C16H13N3O4.C3H7N/c1-10-13(15(19-23-10)11-4-6-17-7-5-11)9-22-14-3-2-12(8-18-14)16(20)21;4-3-1-2-3/h2-8H,9H2,1H3,(H,20,21);3H,1-2,4H2. The van der Waals surface area contributed by atoms with Crippen LogP contribution in [0.1, 0.15) is 34.5 Å². The summed E-state index contributed by atoms with van der Waals surface area (Å²) >= 11 is 0. The van der Waals surface area contributed by atoms with Crippen molar-refractivity contribution in [3.63, 3.8) is 0 Å². The van der Waals surface area contributed by atoms with Crippen molar-refractivity contribution in [3.05, 3.63) is 59.7 Å². The van der Waals surface area contributed by atoms with Gasteiger partial charge >= 0.3 is 5.97 Å². The molecule has 1 aliphatic rings. The predicted molar refractivity (Wildman–Crippen MR) is 97.2 cm³/mol. The fourth-order valence-electron chi connectivity index (χ4n) is 2.13. The monoisotopic (exact) mass is 368 g/mol. The van der Waals surface area contributed by atoms with Gasteiger partial charge in [0.2, 0.25) is 5.88 Å². The van der Waals surface area contributed by atoms with Crippen LogP contribution in [0, 0.1) is 6.92 Å². The zero-order chi connectivity index (χ0) is 19.2. The van der Waals surface area contributed by atoms with E-state index in [2.05, 4.69) is 15.1 Å². The molecule has 140 valence electrons. The van der Waals surface area contributed by atoms with Crippen LogP contribution in [0.2, 0.25) is 0 Å². The molecule has 1 saturated carbocycles. The van der Waals surface area contributed by atoms with Gasteiger partial charge in [-0.3, -0.25) is 4.98 Å². The fourth-order valence-corrected chi connectivity index (χ4v) is 2.13. The van der Waals surface area contributed by atoms with Crippen molar-refractivity contribution in [2.75, 3.05) is 0 Å². The highest BCUT2D eigenvalue weighted by atomic mass is 16.5. The van der Waals surface area contributed by atoms with Crippen LogP contribution < -0.4 is 10.5 Å². The van der Waals surface area contributed by atoms with Gasteiger partial charge in [-0.15, -0.1) is 0 Å². The second kappa shape index (κ2) is 8.41. The smallest absolute Gasteiger partial charge is 0.337 e. The molecule has 0 bridgehead atoms. The number of nitrogens with two attached hydrogens (primary N) is 1. The number of aryl methyl sites for hydroxylation is 1. The zero-order valence-corrected chi connectivity index (χ0v) is 14.8. The number of carboxylic acid groups (broad SMARTS) is 1. The van der Waals surface area contributed by atoms with Gasteiger partial charge in [0.05, 0.1) is 11.1 Å². The average Bonchev–Trinajstić information content (AvgIpc) is 3.38. The number of hydrogen-bond donors (Lipinski definition) is 2. The number of hydrogen-bond acceptors (Lipinski definition) is 7. The summed E-state index contributed by atoms with van der Waals surface area (Å²) in [5, 5.41) is 12.9. The lowest BCUT2D eigenvalue weighted by atomic mass is 10.1. The first-order valence-corrected chi connectivity index (χ1v) is 8.48. The van der Waals surface area contributed by atoms with Gasteiger partial charge in [-0.05, 0) is 38.0 Å². The van der Waals surface area contributed by atoms with Gasteiger partial charge in [-0.1, -0.05) is 5.16 Å². The number of carboxylic acids is 1. The number of carbonyl (C=O) groups is 1. The Morgan fingerprint density at radius 2 is 2.00 bits per heavy atom. The lowest BCUT2D eigenvalue weighted by Crippen LogP contribution is -2.01. The number of aromatic nitrogens is 3. The number of ether oxygens (including phenoxy) is 1. The summed E-state index contributed by atoms with van der Waals surface area (Å²) in [6, 6.07) is 7.20. The zero-order valence-electron chi connectivity index (χ0n) is 14.8. The van der Waals surface area contributed by atoms with Crippen molar-refractivity contribution in [2.24, 2.45) is 5.73 Å². The predicted octanol–water partition coefficient (Wildman–Crippen LogP) is 2.82. The van der Waals surface area contributed by atoms with Crippen LogP contribution in [0.3, 0.4) is 0 Å². The van der Waals surface area contributed by atoms with Crippen molar-refractivity contribution >= 4 is 5.97 Å². The summed E-state index contributed by atoms with van der Waals surface area (Å²) < 4.78 is 10.8. The highest BCUT2D eigenvalue weighted by molar-refractivity contribution is 5.87. The van der Waals surface area contributed by atoms with E-state index in [-0.39, 0.29) is 12.2 Å². The molecule has 8 nitrogen and oxygen atoms in total. The third-order valence-corrected chi connectivity index (χ3v) is 3.91. The molecular weight excluding hydrogens is 348 g/mol. The minimum absolute atomic E-state index is 0.107. The summed E-state index contributed by atoms with van der Waals surface area (Å²) in [6.45, 7) is 2.02. The largest absolute Gasteiger partial charge is 0.478 e. The Bertz CT molecular complexity index is 890. The third-order valence-electron chi connectivity index (χ3n) is 3.91. The first-order chi connectivity index (χ1) is 13.0. The summed E-state index contributed by atoms with van der Waals surface area (Å²) in [5.74, 6) is -0.0471. The van der Waals surface area contributed by atoms with E-state index in [0.29, 0.717) is 23.4 Å². The molecular formula is C19H20N4O4. The Hall–Kier alpha value is -3.26. The highest BCUT2D eigenvalue weighted by Crippen LogP contribution is 2.25. The first kappa shape index (κ1) is 18.5. The maximum absolute atomic E-state index is 10.8. The van der Waals surface area contributed by atoms with E-state index >= 15 is 0 Å².